The van der Waals surface area contributed by atoms with Gasteiger partial charge in [-0.25, -0.2) is 4.79 Å². The second-order valence-corrected chi connectivity index (χ2v) is 8.81. The first-order valence-corrected chi connectivity index (χ1v) is 8.01. The number of aliphatic carboxylic acids is 1. The number of carboxylic acid groups (broad SMARTS) is 1. The molecule has 0 aromatic rings. The molecule has 5 heteroatoms. The third-order valence-electron chi connectivity index (χ3n) is 1.39. The van der Waals surface area contributed by atoms with Crippen molar-refractivity contribution < 1.29 is 14.6 Å². The largest absolute Gasteiger partial charge is 0.483 e. The van der Waals surface area contributed by atoms with Gasteiger partial charge in [0, 0.05) is 0 Å². The zero-order valence-corrected chi connectivity index (χ0v) is 10.5. The molecule has 0 bridgehead atoms. The van der Waals surface area contributed by atoms with Crippen molar-refractivity contribution in [1.29, 1.82) is 0 Å². The van der Waals surface area contributed by atoms with E-state index in [1.165, 1.54) is 7.11 Å². The first-order chi connectivity index (χ1) is 6.76. The molecular weight excluding hydrogens is 210 g/mol. The number of carbonyl (C=O) groups is 1. The Morgan fingerprint density at radius 3 is 2.40 bits per heavy atom. The molecule has 0 spiro atoms. The van der Waals surface area contributed by atoms with Crippen molar-refractivity contribution in [2.24, 2.45) is 0 Å². The van der Waals surface area contributed by atoms with Crippen LogP contribution in [0.1, 0.15) is 0 Å². The van der Waals surface area contributed by atoms with Crippen LogP contribution in [0.15, 0.2) is 12.5 Å². The van der Waals surface area contributed by atoms with Crippen LogP contribution in [-0.2, 0) is 9.53 Å². The lowest BCUT2D eigenvalue weighted by atomic mass is 10.3. The van der Waals surface area contributed by atoms with E-state index in [1.54, 1.807) is 0 Å². The Balaban J connectivity index is 4.61. The summed E-state index contributed by atoms with van der Waals surface area (Å²) in [5.74, 6) is 1.86. The summed E-state index contributed by atoms with van der Waals surface area (Å²) < 4.78 is 4.74. The summed E-state index contributed by atoms with van der Waals surface area (Å²) in [6.45, 7) is 9.62. The number of methoxy groups -OCH3 is 1. The fourth-order valence-corrected chi connectivity index (χ4v) is 1.25. The molecule has 0 aliphatic rings. The standard InChI is InChI=1S/C10H17NO3Si/c1-8(14-2)11-9(10(12)13)6-7-15(3,4)5/h9,11H,1H2,2-5H3,(H,12,13). The van der Waals surface area contributed by atoms with Gasteiger partial charge in [0.15, 0.2) is 11.9 Å². The molecular formula is C10H17NO3Si. The zero-order valence-electron chi connectivity index (χ0n) is 9.55. The Bertz CT molecular complexity index is 309. The third kappa shape index (κ3) is 6.63. The minimum absolute atomic E-state index is 0.201. The van der Waals surface area contributed by atoms with Gasteiger partial charge in [-0.3, -0.25) is 0 Å². The van der Waals surface area contributed by atoms with Gasteiger partial charge in [0.1, 0.15) is 8.07 Å². The number of ether oxygens (including phenoxy) is 1. The molecule has 15 heavy (non-hydrogen) atoms. The van der Waals surface area contributed by atoms with E-state index < -0.39 is 20.1 Å². The van der Waals surface area contributed by atoms with Crippen molar-refractivity contribution in [2.45, 2.75) is 25.7 Å². The van der Waals surface area contributed by atoms with E-state index in [0.717, 1.165) is 0 Å². The number of rotatable bonds is 4. The molecule has 1 unspecified atom stereocenters. The average Bonchev–Trinajstić information content (AvgIpc) is 2.09. The summed E-state index contributed by atoms with van der Waals surface area (Å²) in [6, 6.07) is -0.954. The van der Waals surface area contributed by atoms with Gasteiger partial charge in [0.05, 0.1) is 7.11 Å². The van der Waals surface area contributed by atoms with Crippen LogP contribution in [-0.4, -0.2) is 32.3 Å². The van der Waals surface area contributed by atoms with Gasteiger partial charge >= 0.3 is 5.97 Å². The van der Waals surface area contributed by atoms with Gasteiger partial charge in [-0.15, -0.1) is 5.54 Å². The van der Waals surface area contributed by atoms with Crippen molar-refractivity contribution in [3.05, 3.63) is 12.5 Å². The highest BCUT2D eigenvalue weighted by Gasteiger charge is 2.16. The SMILES string of the molecule is C=C(NC(C#C[Si](C)(C)C)C(=O)O)OC. The molecule has 0 aromatic carbocycles. The molecule has 0 amide bonds. The van der Waals surface area contributed by atoms with Crippen molar-refractivity contribution in [3.8, 4) is 11.5 Å². The van der Waals surface area contributed by atoms with Crippen LogP contribution >= 0.6 is 0 Å². The number of nitrogens with one attached hydrogen (secondary N) is 1. The van der Waals surface area contributed by atoms with Crippen molar-refractivity contribution in [3.63, 3.8) is 0 Å². The summed E-state index contributed by atoms with van der Waals surface area (Å²) in [7, 11) is -0.145. The maximum absolute atomic E-state index is 10.8. The smallest absolute Gasteiger partial charge is 0.338 e. The molecule has 0 aliphatic carbocycles. The summed E-state index contributed by atoms with van der Waals surface area (Å²) in [6.07, 6.45) is 0. The minimum Gasteiger partial charge on any atom is -0.483 e. The Morgan fingerprint density at radius 2 is 2.07 bits per heavy atom. The van der Waals surface area contributed by atoms with Crippen LogP contribution < -0.4 is 5.32 Å². The molecule has 1 atom stereocenters. The fraction of sp³-hybridized carbons (Fsp3) is 0.500. The van der Waals surface area contributed by atoms with Crippen LogP contribution in [0.2, 0.25) is 19.6 Å². The van der Waals surface area contributed by atoms with Crippen LogP contribution in [0.3, 0.4) is 0 Å². The molecule has 0 aromatic heterocycles. The van der Waals surface area contributed by atoms with Crippen LogP contribution in [0.4, 0.5) is 0 Å². The van der Waals surface area contributed by atoms with E-state index in [-0.39, 0.29) is 5.88 Å². The summed E-state index contributed by atoms with van der Waals surface area (Å²) in [5.41, 5.74) is 2.98. The Hall–Kier alpha value is -1.41. The summed E-state index contributed by atoms with van der Waals surface area (Å²) in [5, 5.41) is 11.4. The molecule has 0 saturated carbocycles. The van der Waals surface area contributed by atoms with E-state index in [2.05, 4.69) is 23.4 Å². The monoisotopic (exact) mass is 227 g/mol. The summed E-state index contributed by atoms with van der Waals surface area (Å²) >= 11 is 0. The van der Waals surface area contributed by atoms with Gasteiger partial charge in [-0.1, -0.05) is 25.6 Å². The molecule has 0 fully saturated rings. The van der Waals surface area contributed by atoms with Crippen molar-refractivity contribution in [2.75, 3.05) is 7.11 Å². The van der Waals surface area contributed by atoms with Crippen molar-refractivity contribution in [1.82, 2.24) is 5.32 Å². The predicted octanol–water partition coefficient (Wildman–Crippen LogP) is 1.03. The quantitative estimate of drug-likeness (QED) is 0.428. The molecule has 4 nitrogen and oxygen atoms in total. The first kappa shape index (κ1) is 13.6. The Kier molecular flexibility index (Phi) is 4.95. The summed E-state index contributed by atoms with van der Waals surface area (Å²) in [4.78, 5) is 10.8. The molecule has 84 valence electrons. The second kappa shape index (κ2) is 5.46. The third-order valence-corrected chi connectivity index (χ3v) is 2.28. The normalized spacial score (nSPS) is 12.0. The van der Waals surface area contributed by atoms with Gasteiger partial charge in [0.25, 0.3) is 0 Å². The predicted molar refractivity (Wildman–Crippen MR) is 61.8 cm³/mol. The van der Waals surface area contributed by atoms with Gasteiger partial charge in [-0.05, 0) is 6.58 Å². The second-order valence-electron chi connectivity index (χ2n) is 4.06. The van der Waals surface area contributed by atoms with Crippen molar-refractivity contribution >= 4 is 14.0 Å². The van der Waals surface area contributed by atoms with E-state index in [9.17, 15) is 4.79 Å². The highest BCUT2D eigenvalue weighted by molar-refractivity contribution is 6.83. The molecule has 0 heterocycles. The van der Waals surface area contributed by atoms with Crippen LogP contribution in [0.5, 0.6) is 0 Å². The maximum Gasteiger partial charge on any atom is 0.338 e. The molecule has 0 radical (unpaired) electrons. The van der Waals surface area contributed by atoms with Gasteiger partial charge in [-0.2, -0.15) is 0 Å². The Morgan fingerprint density at radius 1 is 1.53 bits per heavy atom. The fourth-order valence-electron chi connectivity index (χ4n) is 0.668. The highest BCUT2D eigenvalue weighted by atomic mass is 28.3. The van der Waals surface area contributed by atoms with E-state index in [0.29, 0.717) is 0 Å². The first-order valence-electron chi connectivity index (χ1n) is 4.51. The lowest BCUT2D eigenvalue weighted by molar-refractivity contribution is -0.137. The molecule has 0 rings (SSSR count). The number of hydrogen-bond donors (Lipinski definition) is 2. The molecule has 0 aliphatic heterocycles. The lowest BCUT2D eigenvalue weighted by Gasteiger charge is -2.12. The lowest BCUT2D eigenvalue weighted by Crippen LogP contribution is -2.35. The van der Waals surface area contributed by atoms with Crippen LogP contribution in [0.25, 0.3) is 0 Å². The maximum atomic E-state index is 10.8. The van der Waals surface area contributed by atoms with Gasteiger partial charge < -0.3 is 15.2 Å². The highest BCUT2D eigenvalue weighted by Crippen LogP contribution is 1.98. The van der Waals surface area contributed by atoms with E-state index in [1.807, 2.05) is 19.6 Å². The number of hydrogen-bond acceptors (Lipinski definition) is 3. The zero-order chi connectivity index (χ0) is 12.1. The molecule has 2 N–H and O–H groups in total. The molecule has 0 saturated heterocycles. The van der Waals surface area contributed by atoms with Gasteiger partial charge in [0.2, 0.25) is 0 Å². The van der Waals surface area contributed by atoms with E-state index >= 15 is 0 Å². The number of carboxylic acids is 1. The van der Waals surface area contributed by atoms with E-state index in [4.69, 9.17) is 9.84 Å². The van der Waals surface area contributed by atoms with Crippen LogP contribution in [0, 0.1) is 11.5 Å². The Labute approximate surface area is 91.3 Å². The minimum atomic E-state index is -1.56. The average molecular weight is 227 g/mol. The topological polar surface area (TPSA) is 58.6 Å².